The van der Waals surface area contributed by atoms with Crippen molar-refractivity contribution in [2.24, 2.45) is 0 Å². The summed E-state index contributed by atoms with van der Waals surface area (Å²) in [6.07, 6.45) is 0. The molecule has 0 aliphatic rings. The number of ether oxygens (including phenoxy) is 3. The number of carbonyl (C=O) groups excluding carboxylic acids is 2. The third kappa shape index (κ3) is 4.33. The monoisotopic (exact) mass is 357 g/mol. The fourth-order valence-corrected chi connectivity index (χ4v) is 2.49. The molecule has 138 valence electrons. The molecule has 2 rings (SSSR count). The molecule has 0 spiro atoms. The molecule has 0 bridgehead atoms. The van der Waals surface area contributed by atoms with Crippen molar-refractivity contribution in [2.45, 2.75) is 20.8 Å². The predicted octanol–water partition coefficient (Wildman–Crippen LogP) is 3.83. The van der Waals surface area contributed by atoms with Crippen LogP contribution in [0.3, 0.4) is 0 Å². The molecule has 0 heterocycles. The van der Waals surface area contributed by atoms with Gasteiger partial charge >= 0.3 is 5.97 Å². The molecule has 1 N–H and O–H groups in total. The minimum Gasteiger partial charge on any atom is -0.490 e. The lowest BCUT2D eigenvalue weighted by molar-refractivity contribution is 0.0599. The molecule has 26 heavy (non-hydrogen) atoms. The highest BCUT2D eigenvalue weighted by Crippen LogP contribution is 2.29. The van der Waals surface area contributed by atoms with Gasteiger partial charge in [-0.15, -0.1) is 0 Å². The summed E-state index contributed by atoms with van der Waals surface area (Å²) >= 11 is 0. The maximum Gasteiger partial charge on any atom is 0.338 e. The van der Waals surface area contributed by atoms with Crippen LogP contribution in [0.1, 0.15) is 40.1 Å². The first kappa shape index (κ1) is 19.3. The SMILES string of the molecule is CCOc1ccc(C(=O)Nc2cccc(C(=O)OC)c2C)cc1OCC. The Labute approximate surface area is 153 Å². The highest BCUT2D eigenvalue weighted by Gasteiger charge is 2.16. The molecule has 0 aliphatic heterocycles. The van der Waals surface area contributed by atoms with Crippen molar-refractivity contribution >= 4 is 17.6 Å². The van der Waals surface area contributed by atoms with Gasteiger partial charge in [0.05, 0.1) is 25.9 Å². The zero-order chi connectivity index (χ0) is 19.1. The number of carbonyl (C=O) groups is 2. The second-order valence-electron chi connectivity index (χ2n) is 5.45. The molecule has 0 radical (unpaired) electrons. The Balaban J connectivity index is 2.28. The Morgan fingerprint density at radius 2 is 1.69 bits per heavy atom. The molecule has 0 aliphatic carbocycles. The van der Waals surface area contributed by atoms with Gasteiger partial charge < -0.3 is 19.5 Å². The van der Waals surface area contributed by atoms with Crippen LogP contribution in [0.5, 0.6) is 11.5 Å². The van der Waals surface area contributed by atoms with Gasteiger partial charge in [0, 0.05) is 11.3 Å². The molecule has 0 unspecified atom stereocenters. The van der Waals surface area contributed by atoms with E-state index in [4.69, 9.17) is 14.2 Å². The lowest BCUT2D eigenvalue weighted by atomic mass is 10.1. The molecule has 1 amide bonds. The fraction of sp³-hybridized carbons (Fsp3) is 0.300. The van der Waals surface area contributed by atoms with Crippen LogP contribution < -0.4 is 14.8 Å². The van der Waals surface area contributed by atoms with Crippen LogP contribution in [-0.2, 0) is 4.74 Å². The Morgan fingerprint density at radius 1 is 1.00 bits per heavy atom. The maximum absolute atomic E-state index is 12.6. The quantitative estimate of drug-likeness (QED) is 0.762. The summed E-state index contributed by atoms with van der Waals surface area (Å²) in [6.45, 7) is 6.47. The van der Waals surface area contributed by atoms with Gasteiger partial charge in [-0.2, -0.15) is 0 Å². The summed E-state index contributed by atoms with van der Waals surface area (Å²) in [5.74, 6) is 0.356. The van der Waals surface area contributed by atoms with Gasteiger partial charge in [0.1, 0.15) is 0 Å². The van der Waals surface area contributed by atoms with E-state index in [9.17, 15) is 9.59 Å². The van der Waals surface area contributed by atoms with Crippen LogP contribution in [0.4, 0.5) is 5.69 Å². The van der Waals surface area contributed by atoms with Crippen LogP contribution in [0.15, 0.2) is 36.4 Å². The van der Waals surface area contributed by atoms with E-state index < -0.39 is 5.97 Å². The van der Waals surface area contributed by atoms with E-state index in [1.807, 2.05) is 13.8 Å². The van der Waals surface area contributed by atoms with Gasteiger partial charge in [-0.1, -0.05) is 6.07 Å². The number of anilines is 1. The van der Waals surface area contributed by atoms with Gasteiger partial charge in [-0.05, 0) is 56.7 Å². The van der Waals surface area contributed by atoms with Gasteiger partial charge in [-0.25, -0.2) is 4.79 Å². The van der Waals surface area contributed by atoms with E-state index in [0.717, 1.165) is 0 Å². The maximum atomic E-state index is 12.6. The molecular weight excluding hydrogens is 334 g/mol. The van der Waals surface area contributed by atoms with Gasteiger partial charge in [0.2, 0.25) is 0 Å². The zero-order valence-corrected chi connectivity index (χ0v) is 15.4. The number of nitrogens with one attached hydrogen (secondary N) is 1. The largest absolute Gasteiger partial charge is 0.490 e. The molecule has 0 aromatic heterocycles. The highest BCUT2D eigenvalue weighted by atomic mass is 16.5. The Kier molecular flexibility index (Phi) is 6.60. The molecule has 0 saturated carbocycles. The third-order valence-corrected chi connectivity index (χ3v) is 3.79. The molecule has 6 heteroatoms. The molecule has 2 aromatic rings. The van der Waals surface area contributed by atoms with Gasteiger partial charge in [0.15, 0.2) is 11.5 Å². The standard InChI is InChI=1S/C20H23NO5/c1-5-25-17-11-10-14(12-18(17)26-6-2)19(22)21-16-9-7-8-15(13(16)3)20(23)24-4/h7-12H,5-6H2,1-4H3,(H,21,22). The Hall–Kier alpha value is -3.02. The smallest absolute Gasteiger partial charge is 0.338 e. The first-order valence-electron chi connectivity index (χ1n) is 8.40. The van der Waals surface area contributed by atoms with Crippen molar-refractivity contribution in [3.63, 3.8) is 0 Å². The summed E-state index contributed by atoms with van der Waals surface area (Å²) < 4.78 is 15.8. The molecule has 2 aromatic carbocycles. The molecule has 0 fully saturated rings. The van der Waals surface area contributed by atoms with E-state index in [-0.39, 0.29) is 5.91 Å². The van der Waals surface area contributed by atoms with Crippen LogP contribution >= 0.6 is 0 Å². The third-order valence-electron chi connectivity index (χ3n) is 3.79. The van der Waals surface area contributed by atoms with Crippen molar-refractivity contribution in [3.8, 4) is 11.5 Å². The summed E-state index contributed by atoms with van der Waals surface area (Å²) in [6, 6.07) is 10.1. The van der Waals surface area contributed by atoms with Crippen molar-refractivity contribution in [1.29, 1.82) is 0 Å². The van der Waals surface area contributed by atoms with E-state index in [2.05, 4.69) is 5.32 Å². The van der Waals surface area contributed by atoms with Crippen molar-refractivity contribution in [3.05, 3.63) is 53.1 Å². The lowest BCUT2D eigenvalue weighted by Gasteiger charge is -2.14. The lowest BCUT2D eigenvalue weighted by Crippen LogP contribution is -2.15. The van der Waals surface area contributed by atoms with Crippen molar-refractivity contribution in [1.82, 2.24) is 0 Å². The number of rotatable bonds is 7. The van der Waals surface area contributed by atoms with E-state index in [1.165, 1.54) is 7.11 Å². The number of benzene rings is 2. The van der Waals surface area contributed by atoms with E-state index in [1.54, 1.807) is 43.3 Å². The summed E-state index contributed by atoms with van der Waals surface area (Å²) in [4.78, 5) is 24.4. The number of hydrogen-bond donors (Lipinski definition) is 1. The first-order valence-corrected chi connectivity index (χ1v) is 8.40. The van der Waals surface area contributed by atoms with Crippen LogP contribution in [0, 0.1) is 6.92 Å². The zero-order valence-electron chi connectivity index (χ0n) is 15.4. The number of amides is 1. The average Bonchev–Trinajstić information content (AvgIpc) is 2.64. The van der Waals surface area contributed by atoms with E-state index >= 15 is 0 Å². The first-order chi connectivity index (χ1) is 12.5. The molecule has 0 atom stereocenters. The summed E-state index contributed by atoms with van der Waals surface area (Å²) in [7, 11) is 1.32. The Morgan fingerprint density at radius 3 is 2.35 bits per heavy atom. The van der Waals surface area contributed by atoms with Gasteiger partial charge in [0.25, 0.3) is 5.91 Å². The van der Waals surface area contributed by atoms with E-state index in [0.29, 0.717) is 47.1 Å². The molecular formula is C20H23NO5. The molecule has 0 saturated heterocycles. The fourth-order valence-electron chi connectivity index (χ4n) is 2.49. The second kappa shape index (κ2) is 8.89. The highest BCUT2D eigenvalue weighted by molar-refractivity contribution is 6.06. The van der Waals surface area contributed by atoms with Crippen molar-refractivity contribution < 1.29 is 23.8 Å². The van der Waals surface area contributed by atoms with Crippen LogP contribution in [0.2, 0.25) is 0 Å². The Bertz CT molecular complexity index is 801. The average molecular weight is 357 g/mol. The summed E-state index contributed by atoms with van der Waals surface area (Å²) in [5, 5.41) is 2.82. The minimum absolute atomic E-state index is 0.306. The normalized spacial score (nSPS) is 10.2. The minimum atomic E-state index is -0.446. The summed E-state index contributed by atoms with van der Waals surface area (Å²) in [5.41, 5.74) is 2.03. The van der Waals surface area contributed by atoms with Crippen LogP contribution in [0.25, 0.3) is 0 Å². The van der Waals surface area contributed by atoms with Crippen LogP contribution in [-0.4, -0.2) is 32.2 Å². The topological polar surface area (TPSA) is 73.9 Å². The van der Waals surface area contributed by atoms with Gasteiger partial charge in [-0.3, -0.25) is 4.79 Å². The number of esters is 1. The second-order valence-corrected chi connectivity index (χ2v) is 5.45. The predicted molar refractivity (Wildman–Crippen MR) is 99.3 cm³/mol. The van der Waals surface area contributed by atoms with Crippen molar-refractivity contribution in [2.75, 3.05) is 25.6 Å². The number of methoxy groups -OCH3 is 1. The number of hydrogen-bond acceptors (Lipinski definition) is 5. The molecule has 6 nitrogen and oxygen atoms in total.